The first-order valence-electron chi connectivity index (χ1n) is 6.39. The van der Waals surface area contributed by atoms with E-state index in [0.29, 0.717) is 11.4 Å². The van der Waals surface area contributed by atoms with Crippen LogP contribution in [0.3, 0.4) is 0 Å². The van der Waals surface area contributed by atoms with Gasteiger partial charge in [0.25, 0.3) is 5.56 Å². The highest BCUT2D eigenvalue weighted by Gasteiger charge is 2.07. The molecular weight excluding hydrogens is 268 g/mol. The molecule has 5 heteroatoms. The van der Waals surface area contributed by atoms with E-state index in [1.807, 2.05) is 12.1 Å². The van der Waals surface area contributed by atoms with Gasteiger partial charge in [0.05, 0.1) is 11.8 Å². The number of H-pyrrole nitrogens is 1. The Labute approximate surface area is 120 Å². The second-order valence-electron chi connectivity index (χ2n) is 4.36. The smallest absolute Gasteiger partial charge is 0.335 e. The van der Waals surface area contributed by atoms with E-state index in [4.69, 9.17) is 4.74 Å². The molecule has 3 aromatic rings. The number of nitrogens with zero attached hydrogens (tertiary/aromatic N) is 1. The third-order valence-electron chi connectivity index (χ3n) is 2.89. The lowest BCUT2D eigenvalue weighted by molar-refractivity contribution is 0.456. The summed E-state index contributed by atoms with van der Waals surface area (Å²) in [6.07, 6.45) is 0. The predicted octanol–water partition coefficient (Wildman–Crippen LogP) is 2.32. The Kier molecular flexibility index (Phi) is 3.39. The summed E-state index contributed by atoms with van der Waals surface area (Å²) >= 11 is 0. The quantitative estimate of drug-likeness (QED) is 0.800. The Bertz CT molecular complexity index is 821. The van der Waals surface area contributed by atoms with Crippen molar-refractivity contribution in [1.82, 2.24) is 9.55 Å². The van der Waals surface area contributed by atoms with E-state index in [0.717, 1.165) is 4.57 Å². The van der Waals surface area contributed by atoms with Gasteiger partial charge in [-0.15, -0.1) is 0 Å². The molecule has 0 atom stereocenters. The Morgan fingerprint density at radius 2 is 1.48 bits per heavy atom. The van der Waals surface area contributed by atoms with Crippen LogP contribution >= 0.6 is 0 Å². The van der Waals surface area contributed by atoms with Crippen LogP contribution in [0.15, 0.2) is 76.3 Å². The maximum atomic E-state index is 12.1. The molecule has 3 rings (SSSR count). The molecule has 0 saturated heterocycles. The van der Waals surface area contributed by atoms with Crippen LogP contribution in [0.2, 0.25) is 0 Å². The van der Waals surface area contributed by atoms with Gasteiger partial charge >= 0.3 is 5.69 Å². The molecule has 0 aliphatic heterocycles. The second kappa shape index (κ2) is 5.50. The first kappa shape index (κ1) is 12.9. The van der Waals surface area contributed by atoms with E-state index in [1.54, 1.807) is 48.5 Å². The zero-order valence-electron chi connectivity index (χ0n) is 11.0. The molecule has 0 radical (unpaired) electrons. The normalized spacial score (nSPS) is 10.3. The third-order valence-corrected chi connectivity index (χ3v) is 2.89. The highest BCUT2D eigenvalue weighted by atomic mass is 16.5. The summed E-state index contributed by atoms with van der Waals surface area (Å²) < 4.78 is 6.52. The summed E-state index contributed by atoms with van der Waals surface area (Å²) in [5.41, 5.74) is -0.481. The van der Waals surface area contributed by atoms with Crippen LogP contribution in [0.4, 0.5) is 0 Å². The number of nitrogens with one attached hydrogen (secondary N) is 1. The van der Waals surface area contributed by atoms with Gasteiger partial charge in [-0.25, -0.2) is 9.36 Å². The van der Waals surface area contributed by atoms with Gasteiger partial charge < -0.3 is 4.74 Å². The van der Waals surface area contributed by atoms with E-state index in [-0.39, 0.29) is 5.88 Å². The third kappa shape index (κ3) is 2.76. The van der Waals surface area contributed by atoms with Crippen molar-refractivity contribution in [1.29, 1.82) is 0 Å². The van der Waals surface area contributed by atoms with Crippen LogP contribution in [0.5, 0.6) is 11.6 Å². The number of hydrogen-bond acceptors (Lipinski definition) is 3. The van der Waals surface area contributed by atoms with Gasteiger partial charge in [0.1, 0.15) is 5.75 Å². The molecular formula is C16H12N2O3. The number of para-hydroxylation sites is 2. The molecule has 0 spiro atoms. The van der Waals surface area contributed by atoms with Crippen molar-refractivity contribution < 1.29 is 4.74 Å². The topological polar surface area (TPSA) is 64.1 Å². The van der Waals surface area contributed by atoms with Crippen LogP contribution in [0.1, 0.15) is 0 Å². The summed E-state index contributed by atoms with van der Waals surface area (Å²) in [5, 5.41) is 0. The van der Waals surface area contributed by atoms with E-state index in [1.165, 1.54) is 6.07 Å². The van der Waals surface area contributed by atoms with Crippen molar-refractivity contribution in [2.24, 2.45) is 0 Å². The fraction of sp³-hybridized carbons (Fsp3) is 0. The van der Waals surface area contributed by atoms with Crippen molar-refractivity contribution in [3.8, 4) is 17.3 Å². The first-order valence-corrected chi connectivity index (χ1v) is 6.39. The highest BCUT2D eigenvalue weighted by molar-refractivity contribution is 5.32. The predicted molar refractivity (Wildman–Crippen MR) is 79.2 cm³/mol. The largest absolute Gasteiger partial charge is 0.441 e. The number of aromatic nitrogens is 2. The Morgan fingerprint density at radius 1 is 0.857 bits per heavy atom. The zero-order valence-corrected chi connectivity index (χ0v) is 11.0. The minimum atomic E-state index is -0.542. The molecule has 1 heterocycles. The van der Waals surface area contributed by atoms with E-state index in [2.05, 4.69) is 4.98 Å². The molecule has 104 valence electrons. The number of rotatable bonds is 3. The van der Waals surface area contributed by atoms with E-state index >= 15 is 0 Å². The molecule has 0 aliphatic carbocycles. The monoisotopic (exact) mass is 280 g/mol. The average Bonchev–Trinajstić information content (AvgIpc) is 2.49. The average molecular weight is 280 g/mol. The van der Waals surface area contributed by atoms with Crippen LogP contribution in [0, 0.1) is 0 Å². The minimum Gasteiger partial charge on any atom is -0.441 e. The van der Waals surface area contributed by atoms with E-state index < -0.39 is 11.2 Å². The summed E-state index contributed by atoms with van der Waals surface area (Å²) in [6, 6.07) is 18.9. The molecule has 21 heavy (non-hydrogen) atoms. The van der Waals surface area contributed by atoms with Crippen molar-refractivity contribution >= 4 is 0 Å². The lowest BCUT2D eigenvalue weighted by Gasteiger charge is -2.07. The van der Waals surface area contributed by atoms with Crippen LogP contribution in [-0.2, 0) is 0 Å². The number of benzene rings is 2. The summed E-state index contributed by atoms with van der Waals surface area (Å²) in [4.78, 5) is 26.7. The molecule has 0 bridgehead atoms. The molecule has 0 fully saturated rings. The van der Waals surface area contributed by atoms with Crippen molar-refractivity contribution in [2.45, 2.75) is 0 Å². The van der Waals surface area contributed by atoms with Crippen LogP contribution < -0.4 is 16.0 Å². The summed E-state index contributed by atoms with van der Waals surface area (Å²) in [6.45, 7) is 0. The fourth-order valence-electron chi connectivity index (χ4n) is 1.97. The van der Waals surface area contributed by atoms with Crippen LogP contribution in [-0.4, -0.2) is 9.55 Å². The first-order chi connectivity index (χ1) is 10.2. The zero-order chi connectivity index (χ0) is 14.7. The lowest BCUT2D eigenvalue weighted by atomic mass is 10.3. The number of hydrogen-bond donors (Lipinski definition) is 1. The molecule has 0 aliphatic rings. The molecule has 0 unspecified atom stereocenters. The van der Waals surface area contributed by atoms with Gasteiger partial charge in [0.15, 0.2) is 0 Å². The molecule has 5 nitrogen and oxygen atoms in total. The Hall–Kier alpha value is -3.08. The second-order valence-corrected chi connectivity index (χ2v) is 4.36. The molecule has 1 N–H and O–H groups in total. The van der Waals surface area contributed by atoms with Gasteiger partial charge in [-0.1, -0.05) is 36.4 Å². The summed E-state index contributed by atoms with van der Waals surface area (Å²) in [5.74, 6) is 0.661. The number of aromatic amines is 1. The maximum Gasteiger partial charge on any atom is 0.335 e. The van der Waals surface area contributed by atoms with Gasteiger partial charge in [-0.3, -0.25) is 9.78 Å². The molecule has 0 saturated carbocycles. The highest BCUT2D eigenvalue weighted by Crippen LogP contribution is 2.16. The van der Waals surface area contributed by atoms with Gasteiger partial charge in [-0.05, 0) is 24.3 Å². The molecule has 1 aromatic heterocycles. The van der Waals surface area contributed by atoms with Crippen molar-refractivity contribution in [3.63, 3.8) is 0 Å². The standard InChI is InChI=1S/C16H12N2O3/c19-15-11-14(21-13-9-5-2-6-10-13)17-16(20)18(15)12-7-3-1-4-8-12/h1-11H,(H,17,20). The van der Waals surface area contributed by atoms with Gasteiger partial charge in [0.2, 0.25) is 5.88 Å². The SMILES string of the molecule is O=c1cc(Oc2ccccc2)[nH]c(=O)n1-c1ccccc1. The lowest BCUT2D eigenvalue weighted by Crippen LogP contribution is -2.32. The van der Waals surface area contributed by atoms with Crippen molar-refractivity contribution in [3.05, 3.63) is 87.6 Å². The van der Waals surface area contributed by atoms with Gasteiger partial charge in [0, 0.05) is 0 Å². The molecule has 0 amide bonds. The minimum absolute atomic E-state index is 0.114. The Balaban J connectivity index is 2.01. The van der Waals surface area contributed by atoms with Crippen LogP contribution in [0.25, 0.3) is 5.69 Å². The van der Waals surface area contributed by atoms with E-state index in [9.17, 15) is 9.59 Å². The maximum absolute atomic E-state index is 12.1. The Morgan fingerprint density at radius 3 is 2.10 bits per heavy atom. The van der Waals surface area contributed by atoms with Crippen molar-refractivity contribution in [2.75, 3.05) is 0 Å². The molecule has 2 aromatic carbocycles. The number of ether oxygens (including phenoxy) is 1. The van der Waals surface area contributed by atoms with Gasteiger partial charge in [-0.2, -0.15) is 0 Å². The fourth-order valence-corrected chi connectivity index (χ4v) is 1.97. The summed E-state index contributed by atoms with van der Waals surface area (Å²) in [7, 11) is 0.